The lowest BCUT2D eigenvalue weighted by Crippen LogP contribution is -2.27. The summed E-state index contributed by atoms with van der Waals surface area (Å²) in [5, 5.41) is 6.26. The number of thiazole rings is 1. The molecule has 31 heavy (non-hydrogen) atoms. The molecule has 1 amide bonds. The number of hydrogen-bond acceptors (Lipinski definition) is 5. The lowest BCUT2D eigenvalue weighted by atomic mass is 10.1. The Morgan fingerprint density at radius 1 is 1.06 bits per heavy atom. The van der Waals surface area contributed by atoms with Gasteiger partial charge < -0.3 is 4.98 Å². The van der Waals surface area contributed by atoms with Crippen molar-refractivity contribution in [1.82, 2.24) is 14.3 Å². The standard InChI is InChI=1S/C22H20N4O3S2/c27-21(15-7-9-16(10-8-15)31(28,29)26-11-3-4-12-26)25-22-24-20(14-30-22)18-13-23-19-6-2-1-5-17(18)19/h1-2,5-10,13-14,23H,3-4,11-12H2,(H,24,25,27). The van der Waals surface area contributed by atoms with E-state index in [1.165, 1.54) is 39.9 Å². The summed E-state index contributed by atoms with van der Waals surface area (Å²) in [6.45, 7) is 1.10. The molecule has 158 valence electrons. The molecule has 7 nitrogen and oxygen atoms in total. The van der Waals surface area contributed by atoms with E-state index >= 15 is 0 Å². The van der Waals surface area contributed by atoms with Crippen LogP contribution >= 0.6 is 11.3 Å². The molecule has 3 heterocycles. The van der Waals surface area contributed by atoms with Gasteiger partial charge in [0, 0.05) is 46.7 Å². The van der Waals surface area contributed by atoms with Crippen LogP contribution in [0, 0.1) is 0 Å². The van der Waals surface area contributed by atoms with E-state index in [-0.39, 0.29) is 10.8 Å². The molecule has 1 aliphatic heterocycles. The van der Waals surface area contributed by atoms with Gasteiger partial charge in [0.05, 0.1) is 10.6 Å². The highest BCUT2D eigenvalue weighted by molar-refractivity contribution is 7.89. The zero-order valence-electron chi connectivity index (χ0n) is 16.5. The number of aromatic nitrogens is 2. The highest BCUT2D eigenvalue weighted by atomic mass is 32.2. The lowest BCUT2D eigenvalue weighted by Gasteiger charge is -2.15. The molecule has 0 radical (unpaired) electrons. The van der Waals surface area contributed by atoms with Crippen LogP contribution in [0.2, 0.25) is 0 Å². The molecule has 1 aliphatic rings. The van der Waals surface area contributed by atoms with Crippen molar-refractivity contribution in [1.29, 1.82) is 0 Å². The minimum Gasteiger partial charge on any atom is -0.360 e. The van der Waals surface area contributed by atoms with E-state index in [4.69, 9.17) is 0 Å². The van der Waals surface area contributed by atoms with Gasteiger partial charge in [-0.25, -0.2) is 13.4 Å². The predicted molar refractivity (Wildman–Crippen MR) is 122 cm³/mol. The molecular weight excluding hydrogens is 432 g/mol. The van der Waals surface area contributed by atoms with Gasteiger partial charge in [0.15, 0.2) is 5.13 Å². The van der Waals surface area contributed by atoms with Gasteiger partial charge in [-0.3, -0.25) is 10.1 Å². The van der Waals surface area contributed by atoms with Crippen LogP contribution in [-0.2, 0) is 10.0 Å². The van der Waals surface area contributed by atoms with Gasteiger partial charge in [-0.2, -0.15) is 4.31 Å². The van der Waals surface area contributed by atoms with Crippen LogP contribution in [0.15, 0.2) is 65.0 Å². The molecule has 9 heteroatoms. The van der Waals surface area contributed by atoms with Crippen molar-refractivity contribution in [2.75, 3.05) is 18.4 Å². The average molecular weight is 453 g/mol. The molecule has 1 saturated heterocycles. The van der Waals surface area contributed by atoms with Crippen molar-refractivity contribution in [3.63, 3.8) is 0 Å². The van der Waals surface area contributed by atoms with Crippen molar-refractivity contribution in [2.45, 2.75) is 17.7 Å². The number of fused-ring (bicyclic) bond motifs is 1. The second-order valence-corrected chi connectivity index (χ2v) is 10.2. The quantitative estimate of drug-likeness (QED) is 0.471. The smallest absolute Gasteiger partial charge is 0.257 e. The Morgan fingerprint density at radius 3 is 2.58 bits per heavy atom. The van der Waals surface area contributed by atoms with Crippen LogP contribution < -0.4 is 5.32 Å². The van der Waals surface area contributed by atoms with Gasteiger partial charge in [-0.15, -0.1) is 11.3 Å². The van der Waals surface area contributed by atoms with E-state index in [2.05, 4.69) is 15.3 Å². The maximum atomic E-state index is 12.6. The normalized spacial score (nSPS) is 14.8. The fraction of sp³-hybridized carbons (Fsp3) is 0.182. The zero-order chi connectivity index (χ0) is 21.4. The van der Waals surface area contributed by atoms with Gasteiger partial charge in [-0.1, -0.05) is 18.2 Å². The number of hydrogen-bond donors (Lipinski definition) is 2. The Balaban J connectivity index is 1.32. The van der Waals surface area contributed by atoms with E-state index in [0.717, 1.165) is 35.0 Å². The average Bonchev–Trinajstić information content (AvgIpc) is 3.54. The number of benzene rings is 2. The maximum absolute atomic E-state index is 12.6. The summed E-state index contributed by atoms with van der Waals surface area (Å²) in [6, 6.07) is 14.0. The molecule has 0 unspecified atom stereocenters. The largest absolute Gasteiger partial charge is 0.360 e. The van der Waals surface area contributed by atoms with E-state index < -0.39 is 10.0 Å². The Labute approximate surface area is 183 Å². The number of rotatable bonds is 5. The fourth-order valence-corrected chi connectivity index (χ4v) is 5.99. The van der Waals surface area contributed by atoms with Crippen LogP contribution in [0.1, 0.15) is 23.2 Å². The molecule has 0 saturated carbocycles. The van der Waals surface area contributed by atoms with E-state index in [1.807, 2.05) is 35.8 Å². The lowest BCUT2D eigenvalue weighted by molar-refractivity contribution is 0.102. The van der Waals surface area contributed by atoms with Crippen LogP contribution in [0.4, 0.5) is 5.13 Å². The molecule has 4 aromatic rings. The summed E-state index contributed by atoms with van der Waals surface area (Å²) < 4.78 is 26.7. The molecule has 0 spiro atoms. The Bertz CT molecular complexity index is 1350. The Morgan fingerprint density at radius 2 is 1.81 bits per heavy atom. The van der Waals surface area contributed by atoms with E-state index in [1.54, 1.807) is 0 Å². The number of H-pyrrole nitrogens is 1. The summed E-state index contributed by atoms with van der Waals surface area (Å²) in [6.07, 6.45) is 3.67. The molecule has 2 N–H and O–H groups in total. The summed E-state index contributed by atoms with van der Waals surface area (Å²) >= 11 is 1.34. The SMILES string of the molecule is O=C(Nc1nc(-c2c[nH]c3ccccc23)cs1)c1ccc(S(=O)(=O)N2CCCC2)cc1. The molecule has 2 aromatic carbocycles. The van der Waals surface area contributed by atoms with Gasteiger partial charge in [0.1, 0.15) is 0 Å². The molecule has 5 rings (SSSR count). The number of nitrogens with one attached hydrogen (secondary N) is 2. The molecule has 0 aliphatic carbocycles. The van der Waals surface area contributed by atoms with Gasteiger partial charge in [0.25, 0.3) is 5.91 Å². The summed E-state index contributed by atoms with van der Waals surface area (Å²) in [5.41, 5.74) is 3.16. The first-order valence-electron chi connectivity index (χ1n) is 9.96. The minimum absolute atomic E-state index is 0.210. The number of para-hydroxylation sites is 1. The van der Waals surface area contributed by atoms with Crippen molar-refractivity contribution >= 4 is 43.3 Å². The van der Waals surface area contributed by atoms with Crippen molar-refractivity contribution in [3.8, 4) is 11.3 Å². The second-order valence-electron chi connectivity index (χ2n) is 7.38. The Hall–Kier alpha value is -3.01. The van der Waals surface area contributed by atoms with E-state index in [9.17, 15) is 13.2 Å². The van der Waals surface area contributed by atoms with E-state index in [0.29, 0.717) is 23.8 Å². The molecule has 0 bridgehead atoms. The number of carbonyl (C=O) groups is 1. The van der Waals surface area contributed by atoms with Crippen LogP contribution in [0.3, 0.4) is 0 Å². The fourth-order valence-electron chi connectivity index (χ4n) is 3.76. The highest BCUT2D eigenvalue weighted by Crippen LogP contribution is 2.31. The van der Waals surface area contributed by atoms with Crippen molar-refractivity contribution < 1.29 is 13.2 Å². The van der Waals surface area contributed by atoms with Gasteiger partial charge in [-0.05, 0) is 43.2 Å². The Kier molecular flexibility index (Phi) is 5.09. The third kappa shape index (κ3) is 3.76. The van der Waals surface area contributed by atoms with Crippen molar-refractivity contribution in [3.05, 3.63) is 65.7 Å². The number of anilines is 1. The number of amides is 1. The number of sulfonamides is 1. The first-order chi connectivity index (χ1) is 15.0. The summed E-state index contributed by atoms with van der Waals surface area (Å²) in [7, 11) is -3.49. The number of aromatic amines is 1. The monoisotopic (exact) mass is 452 g/mol. The molecular formula is C22H20N4O3S2. The van der Waals surface area contributed by atoms with Crippen LogP contribution in [-0.4, -0.2) is 41.7 Å². The second kappa shape index (κ2) is 7.92. The first kappa shape index (κ1) is 19.9. The maximum Gasteiger partial charge on any atom is 0.257 e. The predicted octanol–water partition coefficient (Wildman–Crippen LogP) is 4.33. The number of carbonyl (C=O) groups excluding carboxylic acids is 1. The third-order valence-electron chi connectivity index (χ3n) is 5.41. The first-order valence-corrected chi connectivity index (χ1v) is 12.3. The molecule has 1 fully saturated rings. The summed E-state index contributed by atoms with van der Waals surface area (Å²) in [4.78, 5) is 20.6. The van der Waals surface area contributed by atoms with Crippen LogP contribution in [0.25, 0.3) is 22.2 Å². The minimum atomic E-state index is -3.49. The summed E-state index contributed by atoms with van der Waals surface area (Å²) in [5.74, 6) is -0.329. The molecule has 2 aromatic heterocycles. The number of nitrogens with zero attached hydrogens (tertiary/aromatic N) is 2. The molecule has 0 atom stereocenters. The third-order valence-corrected chi connectivity index (χ3v) is 8.08. The van der Waals surface area contributed by atoms with Gasteiger partial charge in [0.2, 0.25) is 10.0 Å². The zero-order valence-corrected chi connectivity index (χ0v) is 18.2. The van der Waals surface area contributed by atoms with Crippen LogP contribution in [0.5, 0.6) is 0 Å². The van der Waals surface area contributed by atoms with Gasteiger partial charge >= 0.3 is 0 Å². The van der Waals surface area contributed by atoms with Crippen molar-refractivity contribution in [2.24, 2.45) is 0 Å². The highest BCUT2D eigenvalue weighted by Gasteiger charge is 2.27. The topological polar surface area (TPSA) is 95.2 Å².